The van der Waals surface area contributed by atoms with Crippen molar-refractivity contribution in [2.75, 3.05) is 6.54 Å². The summed E-state index contributed by atoms with van der Waals surface area (Å²) in [5, 5.41) is 6.12. The molecule has 1 aliphatic carbocycles. The molecule has 1 aromatic heterocycles. The van der Waals surface area contributed by atoms with Crippen LogP contribution in [0.1, 0.15) is 31.2 Å². The molecule has 88 valence electrons. The summed E-state index contributed by atoms with van der Waals surface area (Å²) in [7, 11) is 0. The number of hydrogen-bond acceptors (Lipinski definition) is 3. The fraction of sp³-hybridized carbons (Fsp3) is 0.583. The minimum atomic E-state index is 0.0930. The highest BCUT2D eigenvalue weighted by molar-refractivity contribution is 5.78. The molecule has 0 spiro atoms. The third kappa shape index (κ3) is 3.38. The zero-order valence-corrected chi connectivity index (χ0v) is 9.37. The van der Waals surface area contributed by atoms with E-state index in [0.29, 0.717) is 19.1 Å². The fourth-order valence-electron chi connectivity index (χ4n) is 2.06. The molecule has 0 bridgehead atoms. The van der Waals surface area contributed by atoms with Gasteiger partial charge in [0, 0.05) is 18.2 Å². The van der Waals surface area contributed by atoms with E-state index < -0.39 is 0 Å². The van der Waals surface area contributed by atoms with Gasteiger partial charge in [0.25, 0.3) is 0 Å². The van der Waals surface area contributed by atoms with E-state index in [1.165, 1.54) is 12.8 Å². The summed E-state index contributed by atoms with van der Waals surface area (Å²) in [6.07, 6.45) is 8.07. The second-order valence-electron chi connectivity index (χ2n) is 4.28. The molecule has 16 heavy (non-hydrogen) atoms. The van der Waals surface area contributed by atoms with Gasteiger partial charge in [-0.25, -0.2) is 0 Å². The van der Waals surface area contributed by atoms with Crippen molar-refractivity contribution >= 4 is 5.91 Å². The summed E-state index contributed by atoms with van der Waals surface area (Å²) in [6.45, 7) is 1.05. The molecule has 1 heterocycles. The molecule has 0 aromatic carbocycles. The molecule has 2 N–H and O–H groups in total. The molecule has 0 unspecified atom stereocenters. The molecule has 0 radical (unpaired) electrons. The lowest BCUT2D eigenvalue weighted by Crippen LogP contribution is -2.38. The Bertz CT molecular complexity index is 316. The van der Waals surface area contributed by atoms with Gasteiger partial charge in [0.2, 0.25) is 5.91 Å². The largest absolute Gasteiger partial charge is 0.472 e. The highest BCUT2D eigenvalue weighted by Crippen LogP contribution is 2.17. The van der Waals surface area contributed by atoms with Crippen molar-refractivity contribution in [2.45, 2.75) is 38.3 Å². The van der Waals surface area contributed by atoms with Crippen molar-refractivity contribution in [1.29, 1.82) is 0 Å². The minimum Gasteiger partial charge on any atom is -0.472 e. The standard InChI is InChI=1S/C12H18N2O2/c15-12(14-11-3-1-2-4-11)8-13-7-10-5-6-16-9-10/h5-6,9,11,13H,1-4,7-8H2,(H,14,15). The van der Waals surface area contributed by atoms with Crippen LogP contribution in [0.5, 0.6) is 0 Å². The predicted molar refractivity (Wildman–Crippen MR) is 60.8 cm³/mol. The van der Waals surface area contributed by atoms with Crippen molar-refractivity contribution in [1.82, 2.24) is 10.6 Å². The Morgan fingerprint density at radius 2 is 2.25 bits per heavy atom. The number of rotatable bonds is 5. The van der Waals surface area contributed by atoms with Crippen LogP contribution in [-0.2, 0) is 11.3 Å². The van der Waals surface area contributed by atoms with E-state index in [4.69, 9.17) is 4.42 Å². The molecule has 0 saturated heterocycles. The van der Waals surface area contributed by atoms with E-state index in [9.17, 15) is 4.79 Å². The lowest BCUT2D eigenvalue weighted by molar-refractivity contribution is -0.120. The maximum atomic E-state index is 11.5. The molecule has 4 nitrogen and oxygen atoms in total. The molecule has 1 aromatic rings. The predicted octanol–water partition coefficient (Wildman–Crippen LogP) is 1.43. The Morgan fingerprint density at radius 3 is 2.94 bits per heavy atom. The molecule has 2 rings (SSSR count). The number of nitrogens with one attached hydrogen (secondary N) is 2. The van der Waals surface area contributed by atoms with Crippen molar-refractivity contribution in [2.24, 2.45) is 0 Å². The molecular weight excluding hydrogens is 204 g/mol. The average molecular weight is 222 g/mol. The summed E-state index contributed by atoms with van der Waals surface area (Å²) >= 11 is 0. The summed E-state index contributed by atoms with van der Waals surface area (Å²) < 4.78 is 4.94. The second kappa shape index (κ2) is 5.70. The van der Waals surface area contributed by atoms with E-state index in [1.807, 2.05) is 6.07 Å². The zero-order chi connectivity index (χ0) is 11.2. The van der Waals surface area contributed by atoms with Crippen LogP contribution in [0.3, 0.4) is 0 Å². The lowest BCUT2D eigenvalue weighted by Gasteiger charge is -2.11. The van der Waals surface area contributed by atoms with Crippen molar-refractivity contribution in [3.8, 4) is 0 Å². The van der Waals surface area contributed by atoms with Gasteiger partial charge in [-0.05, 0) is 18.9 Å². The Balaban J connectivity index is 1.60. The van der Waals surface area contributed by atoms with Crippen LogP contribution in [0, 0.1) is 0 Å². The highest BCUT2D eigenvalue weighted by atomic mass is 16.3. The van der Waals surface area contributed by atoms with Gasteiger partial charge >= 0.3 is 0 Å². The van der Waals surface area contributed by atoms with Gasteiger partial charge in [-0.2, -0.15) is 0 Å². The minimum absolute atomic E-state index is 0.0930. The van der Waals surface area contributed by atoms with Gasteiger partial charge < -0.3 is 15.1 Å². The lowest BCUT2D eigenvalue weighted by atomic mass is 10.2. The Labute approximate surface area is 95.4 Å². The maximum Gasteiger partial charge on any atom is 0.234 e. The summed E-state index contributed by atoms with van der Waals surface area (Å²) in [5.74, 6) is 0.0930. The van der Waals surface area contributed by atoms with Crippen molar-refractivity contribution in [3.05, 3.63) is 24.2 Å². The molecular formula is C12H18N2O2. The van der Waals surface area contributed by atoms with E-state index in [1.54, 1.807) is 12.5 Å². The number of carbonyl (C=O) groups excluding carboxylic acids is 1. The highest BCUT2D eigenvalue weighted by Gasteiger charge is 2.16. The van der Waals surface area contributed by atoms with Gasteiger partial charge in [0.1, 0.15) is 0 Å². The third-order valence-electron chi connectivity index (χ3n) is 2.92. The molecule has 0 aliphatic heterocycles. The molecule has 0 atom stereocenters. The van der Waals surface area contributed by atoms with Gasteiger partial charge in [-0.15, -0.1) is 0 Å². The van der Waals surface area contributed by atoms with Crippen LogP contribution < -0.4 is 10.6 Å². The maximum absolute atomic E-state index is 11.5. The van der Waals surface area contributed by atoms with Crippen LogP contribution in [0.15, 0.2) is 23.0 Å². The molecule has 1 aliphatic rings. The zero-order valence-electron chi connectivity index (χ0n) is 9.37. The van der Waals surface area contributed by atoms with Gasteiger partial charge in [0.05, 0.1) is 19.1 Å². The SMILES string of the molecule is O=C(CNCc1ccoc1)NC1CCCC1. The molecule has 1 fully saturated rings. The Kier molecular flexibility index (Phi) is 3.99. The monoisotopic (exact) mass is 222 g/mol. The Hall–Kier alpha value is -1.29. The smallest absolute Gasteiger partial charge is 0.234 e. The first kappa shape index (κ1) is 11.2. The van der Waals surface area contributed by atoms with E-state index in [-0.39, 0.29) is 5.91 Å². The van der Waals surface area contributed by atoms with Crippen LogP contribution in [-0.4, -0.2) is 18.5 Å². The topological polar surface area (TPSA) is 54.3 Å². The number of amides is 1. The van der Waals surface area contributed by atoms with Crippen LogP contribution >= 0.6 is 0 Å². The number of carbonyl (C=O) groups is 1. The van der Waals surface area contributed by atoms with Gasteiger partial charge in [-0.1, -0.05) is 12.8 Å². The molecule has 1 amide bonds. The normalized spacial score (nSPS) is 16.5. The van der Waals surface area contributed by atoms with Crippen molar-refractivity contribution in [3.63, 3.8) is 0 Å². The fourth-order valence-corrected chi connectivity index (χ4v) is 2.06. The summed E-state index contributed by atoms with van der Waals surface area (Å²) in [4.78, 5) is 11.5. The molecule has 4 heteroatoms. The van der Waals surface area contributed by atoms with E-state index >= 15 is 0 Å². The van der Waals surface area contributed by atoms with Crippen LogP contribution in [0.4, 0.5) is 0 Å². The van der Waals surface area contributed by atoms with Gasteiger partial charge in [0.15, 0.2) is 0 Å². The average Bonchev–Trinajstić information content (AvgIpc) is 2.90. The van der Waals surface area contributed by atoms with E-state index in [0.717, 1.165) is 18.4 Å². The number of hydrogen-bond donors (Lipinski definition) is 2. The van der Waals surface area contributed by atoms with E-state index in [2.05, 4.69) is 10.6 Å². The van der Waals surface area contributed by atoms with Crippen LogP contribution in [0.25, 0.3) is 0 Å². The first-order valence-electron chi connectivity index (χ1n) is 5.86. The van der Waals surface area contributed by atoms with Gasteiger partial charge in [-0.3, -0.25) is 4.79 Å². The summed E-state index contributed by atoms with van der Waals surface area (Å²) in [6, 6.07) is 2.30. The third-order valence-corrected chi connectivity index (χ3v) is 2.92. The quantitative estimate of drug-likeness (QED) is 0.792. The van der Waals surface area contributed by atoms with Crippen molar-refractivity contribution < 1.29 is 9.21 Å². The van der Waals surface area contributed by atoms with Crippen LogP contribution in [0.2, 0.25) is 0 Å². The first-order chi connectivity index (χ1) is 7.84. The first-order valence-corrected chi connectivity index (χ1v) is 5.86. The Morgan fingerprint density at radius 1 is 1.44 bits per heavy atom. The molecule has 1 saturated carbocycles. The summed E-state index contributed by atoms with van der Waals surface area (Å²) in [5.41, 5.74) is 1.06. The number of furan rings is 1. The second-order valence-corrected chi connectivity index (χ2v) is 4.28.